The Labute approximate surface area is 142 Å². The van der Waals surface area contributed by atoms with E-state index in [-0.39, 0.29) is 5.91 Å². The van der Waals surface area contributed by atoms with Gasteiger partial charge >= 0.3 is 0 Å². The summed E-state index contributed by atoms with van der Waals surface area (Å²) in [6, 6.07) is 11.4. The molecule has 2 aliphatic rings. The highest BCUT2D eigenvalue weighted by atomic mass is 32.2. The summed E-state index contributed by atoms with van der Waals surface area (Å²) in [5.41, 5.74) is 7.94. The summed E-state index contributed by atoms with van der Waals surface area (Å²) >= 11 is 1.88. The summed E-state index contributed by atoms with van der Waals surface area (Å²) in [6.07, 6.45) is 2.77. The van der Waals surface area contributed by atoms with Gasteiger partial charge in [-0.05, 0) is 32.4 Å². The molecule has 3 rings (SSSR count). The average molecular weight is 331 g/mol. The number of nitrogens with zero attached hydrogens (tertiary/aromatic N) is 1. The standard InChI is InChI=1S/C18H25N3OS/c1-13(2)10-18(22)21-9-8-16-15(11-21)17(20-19-16)12-23-14-6-4-3-5-7-14/h3-7,10,15-17,19-20H,8-9,11-12H2,1-2H3. The van der Waals surface area contributed by atoms with Gasteiger partial charge in [-0.25, -0.2) is 0 Å². The number of carbonyl (C=O) groups is 1. The monoisotopic (exact) mass is 331 g/mol. The molecule has 1 aromatic carbocycles. The maximum absolute atomic E-state index is 12.3. The van der Waals surface area contributed by atoms with Crippen LogP contribution in [0.15, 0.2) is 46.9 Å². The first-order chi connectivity index (χ1) is 11.1. The lowest BCUT2D eigenvalue weighted by Crippen LogP contribution is -2.48. The van der Waals surface area contributed by atoms with Gasteiger partial charge in [0.1, 0.15) is 0 Å². The smallest absolute Gasteiger partial charge is 0.246 e. The Morgan fingerprint density at radius 3 is 2.83 bits per heavy atom. The van der Waals surface area contributed by atoms with E-state index in [1.807, 2.05) is 36.6 Å². The fourth-order valence-corrected chi connectivity index (χ4v) is 4.35. The van der Waals surface area contributed by atoms with Crippen LogP contribution in [0.2, 0.25) is 0 Å². The molecule has 0 aromatic heterocycles. The van der Waals surface area contributed by atoms with Crippen molar-refractivity contribution < 1.29 is 4.79 Å². The molecule has 3 unspecified atom stereocenters. The van der Waals surface area contributed by atoms with Gasteiger partial charge in [0, 0.05) is 47.8 Å². The number of rotatable bonds is 4. The Balaban J connectivity index is 1.59. The largest absolute Gasteiger partial charge is 0.339 e. The van der Waals surface area contributed by atoms with Gasteiger partial charge < -0.3 is 4.90 Å². The molecule has 4 nitrogen and oxygen atoms in total. The van der Waals surface area contributed by atoms with E-state index in [2.05, 4.69) is 35.1 Å². The fraction of sp³-hybridized carbons (Fsp3) is 0.500. The van der Waals surface area contributed by atoms with Crippen LogP contribution in [-0.2, 0) is 4.79 Å². The number of carbonyl (C=O) groups excluding carboxylic acids is 1. The van der Waals surface area contributed by atoms with E-state index < -0.39 is 0 Å². The number of hydrogen-bond donors (Lipinski definition) is 2. The third-order valence-corrected chi connectivity index (χ3v) is 5.66. The topological polar surface area (TPSA) is 44.4 Å². The molecule has 0 radical (unpaired) electrons. The molecular weight excluding hydrogens is 306 g/mol. The van der Waals surface area contributed by atoms with Crippen LogP contribution in [0.4, 0.5) is 0 Å². The third-order valence-electron chi connectivity index (χ3n) is 4.53. The van der Waals surface area contributed by atoms with Crippen molar-refractivity contribution in [2.45, 2.75) is 37.2 Å². The minimum absolute atomic E-state index is 0.157. The maximum Gasteiger partial charge on any atom is 0.246 e. The van der Waals surface area contributed by atoms with E-state index in [0.717, 1.165) is 30.8 Å². The van der Waals surface area contributed by atoms with Crippen LogP contribution >= 0.6 is 11.8 Å². The highest BCUT2D eigenvalue weighted by Gasteiger charge is 2.40. The maximum atomic E-state index is 12.3. The van der Waals surface area contributed by atoms with Gasteiger partial charge in [0.25, 0.3) is 0 Å². The Kier molecular flexibility index (Phi) is 5.41. The van der Waals surface area contributed by atoms with Crippen molar-refractivity contribution in [1.82, 2.24) is 15.8 Å². The van der Waals surface area contributed by atoms with Gasteiger partial charge in [0.15, 0.2) is 0 Å². The quantitative estimate of drug-likeness (QED) is 0.657. The molecule has 3 atom stereocenters. The predicted molar refractivity (Wildman–Crippen MR) is 95.1 cm³/mol. The summed E-state index contributed by atoms with van der Waals surface area (Å²) in [5, 5.41) is 0. The second kappa shape index (κ2) is 7.51. The van der Waals surface area contributed by atoms with Crippen molar-refractivity contribution in [3.63, 3.8) is 0 Å². The summed E-state index contributed by atoms with van der Waals surface area (Å²) in [6.45, 7) is 5.63. The Bertz CT molecular complexity index is 571. The van der Waals surface area contributed by atoms with Gasteiger partial charge in [-0.3, -0.25) is 15.6 Å². The van der Waals surface area contributed by atoms with Gasteiger partial charge in [-0.1, -0.05) is 23.8 Å². The number of amides is 1. The lowest BCUT2D eigenvalue weighted by molar-refractivity contribution is -0.127. The minimum atomic E-state index is 0.157. The van der Waals surface area contributed by atoms with Crippen LogP contribution < -0.4 is 10.9 Å². The van der Waals surface area contributed by atoms with Crippen LogP contribution in [0.5, 0.6) is 0 Å². The molecule has 5 heteroatoms. The summed E-state index contributed by atoms with van der Waals surface area (Å²) in [4.78, 5) is 15.6. The molecule has 0 saturated carbocycles. The van der Waals surface area contributed by atoms with E-state index in [4.69, 9.17) is 0 Å². The number of hydrogen-bond acceptors (Lipinski definition) is 4. The van der Waals surface area contributed by atoms with Crippen LogP contribution in [0.1, 0.15) is 20.3 Å². The number of allylic oxidation sites excluding steroid dienone is 1. The lowest BCUT2D eigenvalue weighted by atomic mass is 9.89. The minimum Gasteiger partial charge on any atom is -0.339 e. The van der Waals surface area contributed by atoms with E-state index in [9.17, 15) is 4.79 Å². The molecule has 1 amide bonds. The first-order valence-corrected chi connectivity index (χ1v) is 9.25. The van der Waals surface area contributed by atoms with Gasteiger partial charge in [0.2, 0.25) is 5.91 Å². The molecule has 1 aromatic rings. The normalized spacial score (nSPS) is 26.7. The van der Waals surface area contributed by atoms with Crippen LogP contribution in [0.3, 0.4) is 0 Å². The van der Waals surface area contributed by atoms with Crippen LogP contribution in [0, 0.1) is 5.92 Å². The van der Waals surface area contributed by atoms with Crippen molar-refractivity contribution in [2.75, 3.05) is 18.8 Å². The third kappa shape index (κ3) is 4.16. The molecule has 2 aliphatic heterocycles. The van der Waals surface area contributed by atoms with E-state index in [0.29, 0.717) is 18.0 Å². The van der Waals surface area contributed by atoms with E-state index in [1.165, 1.54) is 4.90 Å². The Hall–Kier alpha value is -1.30. The number of nitrogens with one attached hydrogen (secondary N) is 2. The first-order valence-electron chi connectivity index (χ1n) is 8.26. The zero-order valence-corrected chi connectivity index (χ0v) is 14.6. The predicted octanol–water partition coefficient (Wildman–Crippen LogP) is 2.44. The molecule has 2 heterocycles. The molecule has 23 heavy (non-hydrogen) atoms. The van der Waals surface area contributed by atoms with E-state index >= 15 is 0 Å². The molecule has 2 saturated heterocycles. The summed E-state index contributed by atoms with van der Waals surface area (Å²) < 4.78 is 0. The number of hydrazine groups is 1. The zero-order valence-electron chi connectivity index (χ0n) is 13.8. The summed E-state index contributed by atoms with van der Waals surface area (Å²) in [5.74, 6) is 1.65. The van der Waals surface area contributed by atoms with Crippen molar-refractivity contribution in [2.24, 2.45) is 5.92 Å². The van der Waals surface area contributed by atoms with Gasteiger partial charge in [-0.15, -0.1) is 11.8 Å². The van der Waals surface area contributed by atoms with Gasteiger partial charge in [0.05, 0.1) is 0 Å². The highest BCUT2D eigenvalue weighted by molar-refractivity contribution is 7.99. The second-order valence-electron chi connectivity index (χ2n) is 6.58. The van der Waals surface area contributed by atoms with Crippen molar-refractivity contribution >= 4 is 17.7 Å². The second-order valence-corrected chi connectivity index (χ2v) is 7.68. The number of piperidine rings is 1. The molecule has 0 spiro atoms. The van der Waals surface area contributed by atoms with Crippen molar-refractivity contribution in [3.05, 3.63) is 42.0 Å². The number of benzene rings is 1. The lowest BCUT2D eigenvalue weighted by Gasteiger charge is -2.35. The van der Waals surface area contributed by atoms with Crippen molar-refractivity contribution in [3.8, 4) is 0 Å². The first kappa shape index (κ1) is 16.6. The van der Waals surface area contributed by atoms with E-state index in [1.54, 1.807) is 6.08 Å². The molecule has 2 N–H and O–H groups in total. The molecular formula is C18H25N3OS. The summed E-state index contributed by atoms with van der Waals surface area (Å²) in [7, 11) is 0. The molecule has 124 valence electrons. The SMILES string of the molecule is CC(C)=CC(=O)N1CCC2NNC(CSc3ccccc3)C2C1. The highest BCUT2D eigenvalue weighted by Crippen LogP contribution is 2.28. The Morgan fingerprint density at radius 2 is 2.09 bits per heavy atom. The zero-order chi connectivity index (χ0) is 16.2. The van der Waals surface area contributed by atoms with Crippen molar-refractivity contribution in [1.29, 1.82) is 0 Å². The van der Waals surface area contributed by atoms with Gasteiger partial charge in [-0.2, -0.15) is 0 Å². The Morgan fingerprint density at radius 1 is 1.30 bits per heavy atom. The number of thioether (sulfide) groups is 1. The van der Waals surface area contributed by atoms with Crippen LogP contribution in [0.25, 0.3) is 0 Å². The number of likely N-dealkylation sites (tertiary alicyclic amines) is 1. The fourth-order valence-electron chi connectivity index (χ4n) is 3.30. The average Bonchev–Trinajstić information content (AvgIpc) is 2.95. The number of fused-ring (bicyclic) bond motifs is 1. The molecule has 0 aliphatic carbocycles. The molecule has 2 fully saturated rings. The van der Waals surface area contributed by atoms with Crippen LogP contribution in [-0.4, -0.2) is 41.7 Å². The molecule has 0 bridgehead atoms.